The van der Waals surface area contributed by atoms with E-state index in [4.69, 9.17) is 10.00 Å². The average molecular weight is 417 g/mol. The van der Waals surface area contributed by atoms with Gasteiger partial charge in [0.15, 0.2) is 0 Å². The highest BCUT2D eigenvalue weighted by Crippen LogP contribution is 2.34. The maximum atomic E-state index is 12.6. The van der Waals surface area contributed by atoms with Crippen LogP contribution in [0.15, 0.2) is 0 Å². The van der Waals surface area contributed by atoms with Gasteiger partial charge in [-0.05, 0) is 51.7 Å². The molecule has 0 spiro atoms. The molecule has 2 aromatic heterocycles. The van der Waals surface area contributed by atoms with Crippen LogP contribution in [0.5, 0.6) is 0 Å². The van der Waals surface area contributed by atoms with Gasteiger partial charge in [-0.15, -0.1) is 11.3 Å². The summed E-state index contributed by atoms with van der Waals surface area (Å²) in [6.07, 6.45) is 1.94. The van der Waals surface area contributed by atoms with E-state index >= 15 is 0 Å². The van der Waals surface area contributed by atoms with Crippen LogP contribution in [0.3, 0.4) is 0 Å². The highest BCUT2D eigenvalue weighted by Gasteiger charge is 2.23. The zero-order chi connectivity index (χ0) is 21.6. The van der Waals surface area contributed by atoms with Gasteiger partial charge < -0.3 is 10.1 Å². The molecule has 0 atom stereocenters. The van der Waals surface area contributed by atoms with Crippen LogP contribution in [0.25, 0.3) is 0 Å². The summed E-state index contributed by atoms with van der Waals surface area (Å²) in [5.74, 6) is -0.544. The minimum atomic E-state index is -0.394. The second-order valence-corrected chi connectivity index (χ2v) is 7.97. The second kappa shape index (κ2) is 10.2. The summed E-state index contributed by atoms with van der Waals surface area (Å²) in [6.45, 7) is 10.4. The summed E-state index contributed by atoms with van der Waals surface area (Å²) >= 11 is 1.41. The lowest BCUT2D eigenvalue weighted by Crippen LogP contribution is -2.15. The van der Waals surface area contributed by atoms with E-state index in [-0.39, 0.29) is 12.3 Å². The van der Waals surface area contributed by atoms with Crippen LogP contribution < -0.4 is 5.32 Å². The summed E-state index contributed by atoms with van der Waals surface area (Å²) < 4.78 is 7.00. The Bertz CT molecular complexity index is 937. The highest BCUT2D eigenvalue weighted by molar-refractivity contribution is 7.16. The zero-order valence-electron chi connectivity index (χ0n) is 17.7. The monoisotopic (exact) mass is 416 g/mol. The summed E-state index contributed by atoms with van der Waals surface area (Å²) in [7, 11) is 0. The molecule has 0 fully saturated rings. The van der Waals surface area contributed by atoms with Gasteiger partial charge in [0.25, 0.3) is 0 Å². The number of carbonyl (C=O) groups excluding carboxylic acids is 2. The third-order valence-electron chi connectivity index (χ3n) is 4.86. The molecule has 0 unspecified atom stereocenters. The predicted octanol–water partition coefficient (Wildman–Crippen LogP) is 4.09. The maximum Gasteiger partial charge on any atom is 0.341 e. The quantitative estimate of drug-likeness (QED) is 0.621. The first-order valence-electron chi connectivity index (χ1n) is 9.82. The fourth-order valence-corrected chi connectivity index (χ4v) is 4.56. The van der Waals surface area contributed by atoms with E-state index in [1.54, 1.807) is 6.92 Å². The molecule has 2 heterocycles. The van der Waals surface area contributed by atoms with E-state index in [9.17, 15) is 9.59 Å². The molecule has 29 heavy (non-hydrogen) atoms. The number of ether oxygens (including phenoxy) is 1. The number of nitriles is 1. The Morgan fingerprint density at radius 1 is 1.24 bits per heavy atom. The van der Waals surface area contributed by atoms with Gasteiger partial charge in [-0.25, -0.2) is 4.79 Å². The van der Waals surface area contributed by atoms with Crippen LogP contribution in [0.4, 0.5) is 5.00 Å². The lowest BCUT2D eigenvalue weighted by atomic mass is 10.1. The number of hydrogen-bond donors (Lipinski definition) is 1. The summed E-state index contributed by atoms with van der Waals surface area (Å²) in [6, 6.07) is 2.12. The molecule has 0 aliphatic carbocycles. The first-order chi connectivity index (χ1) is 13.8. The number of carbonyl (C=O) groups is 2. The van der Waals surface area contributed by atoms with Gasteiger partial charge in [-0.2, -0.15) is 10.4 Å². The molecule has 0 aliphatic rings. The van der Waals surface area contributed by atoms with Crippen molar-refractivity contribution in [3.63, 3.8) is 0 Å². The molecule has 1 amide bonds. The van der Waals surface area contributed by atoms with Crippen molar-refractivity contribution in [2.24, 2.45) is 0 Å². The molecule has 0 saturated heterocycles. The first-order valence-corrected chi connectivity index (χ1v) is 10.6. The van der Waals surface area contributed by atoms with Crippen molar-refractivity contribution >= 4 is 28.2 Å². The first kappa shape index (κ1) is 22.6. The van der Waals surface area contributed by atoms with E-state index in [0.717, 1.165) is 27.4 Å². The van der Waals surface area contributed by atoms with E-state index < -0.39 is 5.97 Å². The van der Waals surface area contributed by atoms with Crippen LogP contribution in [-0.2, 0) is 28.9 Å². The second-order valence-electron chi connectivity index (χ2n) is 6.74. The molecule has 1 N–H and O–H groups in total. The number of rotatable bonds is 9. The van der Waals surface area contributed by atoms with Gasteiger partial charge in [0.2, 0.25) is 5.91 Å². The number of aryl methyl sites for hydroxylation is 3. The number of esters is 1. The number of hydrogen-bond acceptors (Lipinski definition) is 6. The minimum absolute atomic E-state index is 0.150. The lowest BCUT2D eigenvalue weighted by molar-refractivity contribution is -0.116. The van der Waals surface area contributed by atoms with Crippen molar-refractivity contribution in [2.75, 3.05) is 11.9 Å². The normalized spacial score (nSPS) is 10.6. The molecule has 2 aromatic rings. The van der Waals surface area contributed by atoms with Crippen LogP contribution in [0, 0.1) is 32.1 Å². The Hall–Kier alpha value is -2.66. The molecule has 156 valence electrons. The summed E-state index contributed by atoms with van der Waals surface area (Å²) in [5, 5.41) is 16.7. The number of thiophene rings is 1. The van der Waals surface area contributed by atoms with Gasteiger partial charge in [0, 0.05) is 17.0 Å². The molecular weight excluding hydrogens is 388 g/mol. The van der Waals surface area contributed by atoms with Gasteiger partial charge in [-0.3, -0.25) is 9.48 Å². The molecule has 2 rings (SSSR count). The molecule has 8 heteroatoms. The van der Waals surface area contributed by atoms with E-state index in [0.29, 0.717) is 43.0 Å². The van der Waals surface area contributed by atoms with Gasteiger partial charge in [-0.1, -0.05) is 6.92 Å². The van der Waals surface area contributed by atoms with Gasteiger partial charge >= 0.3 is 5.97 Å². The van der Waals surface area contributed by atoms with Crippen molar-refractivity contribution in [3.8, 4) is 6.07 Å². The number of nitrogens with zero attached hydrogens (tertiary/aromatic N) is 3. The zero-order valence-corrected chi connectivity index (χ0v) is 18.5. The van der Waals surface area contributed by atoms with Crippen molar-refractivity contribution in [3.05, 3.63) is 33.0 Å². The molecule has 0 aromatic carbocycles. The largest absolute Gasteiger partial charge is 0.462 e. The Morgan fingerprint density at radius 3 is 2.59 bits per heavy atom. The maximum absolute atomic E-state index is 12.6. The Morgan fingerprint density at radius 2 is 1.97 bits per heavy atom. The van der Waals surface area contributed by atoms with E-state index in [1.807, 2.05) is 32.4 Å². The highest BCUT2D eigenvalue weighted by atomic mass is 32.1. The topological polar surface area (TPSA) is 97.0 Å². The van der Waals surface area contributed by atoms with Crippen molar-refractivity contribution in [2.45, 2.75) is 66.8 Å². The van der Waals surface area contributed by atoms with Crippen LogP contribution >= 0.6 is 11.3 Å². The number of aromatic nitrogens is 2. The third kappa shape index (κ3) is 5.24. The SMILES string of the molecule is CCOC(=O)c1c(NC(=O)CCc2c(C)nn(CCC#N)c2C)sc(C)c1CC. The van der Waals surface area contributed by atoms with E-state index in [1.165, 1.54) is 11.3 Å². The fraction of sp³-hybridized carbons (Fsp3) is 0.524. The Labute approximate surface area is 175 Å². The Kier molecular flexibility index (Phi) is 7.97. The van der Waals surface area contributed by atoms with Crippen molar-refractivity contribution in [1.82, 2.24) is 9.78 Å². The predicted molar refractivity (Wildman–Crippen MR) is 113 cm³/mol. The molecular formula is C21H28N4O3S. The number of nitrogens with one attached hydrogen (secondary N) is 1. The number of amides is 1. The summed E-state index contributed by atoms with van der Waals surface area (Å²) in [4.78, 5) is 26.0. The third-order valence-corrected chi connectivity index (χ3v) is 5.93. The molecule has 7 nitrogen and oxygen atoms in total. The van der Waals surface area contributed by atoms with Crippen LogP contribution in [0.1, 0.15) is 64.4 Å². The van der Waals surface area contributed by atoms with Gasteiger partial charge in [0.05, 0.1) is 36.9 Å². The summed E-state index contributed by atoms with van der Waals surface area (Å²) in [5.41, 5.74) is 4.29. The number of anilines is 1. The minimum Gasteiger partial charge on any atom is -0.462 e. The molecule has 0 bridgehead atoms. The standard InChI is InChI=1S/C21H28N4O3S/c1-6-16-15(5)29-20(19(16)21(27)28-7-2)23-18(26)10-9-17-13(3)24-25(14(17)4)12-8-11-22/h6-10,12H2,1-5H3,(H,23,26). The van der Waals surface area contributed by atoms with E-state index in [2.05, 4.69) is 16.5 Å². The van der Waals surface area contributed by atoms with Crippen LogP contribution in [0.2, 0.25) is 0 Å². The van der Waals surface area contributed by atoms with Gasteiger partial charge in [0.1, 0.15) is 5.00 Å². The molecule has 0 saturated carbocycles. The lowest BCUT2D eigenvalue weighted by Gasteiger charge is -2.08. The smallest absolute Gasteiger partial charge is 0.341 e. The average Bonchev–Trinajstić information content (AvgIpc) is 3.13. The van der Waals surface area contributed by atoms with Crippen LogP contribution in [-0.4, -0.2) is 28.3 Å². The van der Waals surface area contributed by atoms with Crippen molar-refractivity contribution in [1.29, 1.82) is 5.26 Å². The Balaban J connectivity index is 2.12. The van der Waals surface area contributed by atoms with Crippen molar-refractivity contribution < 1.29 is 14.3 Å². The molecule has 0 aliphatic heterocycles. The fourth-order valence-electron chi connectivity index (χ4n) is 3.41. The molecule has 0 radical (unpaired) electrons.